The van der Waals surface area contributed by atoms with E-state index in [1.54, 1.807) is 16.0 Å². The van der Waals surface area contributed by atoms with E-state index >= 15 is 0 Å². The van der Waals surface area contributed by atoms with Crippen molar-refractivity contribution in [1.82, 2.24) is 9.78 Å². The lowest BCUT2D eigenvalue weighted by atomic mass is 10.1. The summed E-state index contributed by atoms with van der Waals surface area (Å²) >= 11 is 9.96. The van der Waals surface area contributed by atoms with Gasteiger partial charge in [0, 0.05) is 29.0 Å². The Morgan fingerprint density at radius 1 is 1.55 bits per heavy atom. The summed E-state index contributed by atoms with van der Waals surface area (Å²) < 4.78 is 1.77. The van der Waals surface area contributed by atoms with Gasteiger partial charge < -0.3 is 5.11 Å². The number of aromatic nitrogens is 2. The molecule has 1 aliphatic rings. The molecule has 0 amide bonds. The zero-order valence-corrected chi connectivity index (χ0v) is 13.9. The van der Waals surface area contributed by atoms with Gasteiger partial charge in [-0.25, -0.2) is 0 Å². The zero-order chi connectivity index (χ0) is 14.3. The highest BCUT2D eigenvalue weighted by Crippen LogP contribution is 2.36. The summed E-state index contributed by atoms with van der Waals surface area (Å²) in [5, 5.41) is 15.5. The third-order valence-corrected chi connectivity index (χ3v) is 6.46. The summed E-state index contributed by atoms with van der Waals surface area (Å²) in [4.78, 5) is 2.48. The SMILES string of the molecule is Cc1nn(C)c(CC(O)c2cc3c(s2)CCSC3)c1Cl. The van der Waals surface area contributed by atoms with Crippen molar-refractivity contribution in [3.05, 3.63) is 37.8 Å². The number of hydrogen-bond donors (Lipinski definition) is 1. The van der Waals surface area contributed by atoms with E-state index in [2.05, 4.69) is 11.2 Å². The van der Waals surface area contributed by atoms with Gasteiger partial charge in [-0.2, -0.15) is 16.9 Å². The Morgan fingerprint density at radius 2 is 2.35 bits per heavy atom. The number of thioether (sulfide) groups is 1. The predicted molar refractivity (Wildman–Crippen MR) is 85.8 cm³/mol. The van der Waals surface area contributed by atoms with Crippen molar-refractivity contribution in [1.29, 1.82) is 0 Å². The summed E-state index contributed by atoms with van der Waals surface area (Å²) in [6, 6.07) is 2.16. The minimum Gasteiger partial charge on any atom is -0.387 e. The Bertz CT molecular complexity index is 612. The van der Waals surface area contributed by atoms with Gasteiger partial charge in [-0.05, 0) is 30.7 Å². The number of nitrogens with zero attached hydrogens (tertiary/aromatic N) is 2. The first-order valence-electron chi connectivity index (χ1n) is 6.61. The minimum absolute atomic E-state index is 0.497. The van der Waals surface area contributed by atoms with Crippen LogP contribution in [-0.4, -0.2) is 20.6 Å². The monoisotopic (exact) mass is 328 g/mol. The summed E-state index contributed by atoms with van der Waals surface area (Å²) in [5.74, 6) is 2.26. The highest BCUT2D eigenvalue weighted by Gasteiger charge is 2.21. The van der Waals surface area contributed by atoms with E-state index < -0.39 is 6.10 Å². The number of fused-ring (bicyclic) bond motifs is 1. The van der Waals surface area contributed by atoms with Gasteiger partial charge in [0.05, 0.1) is 22.5 Å². The lowest BCUT2D eigenvalue weighted by Gasteiger charge is -2.09. The fourth-order valence-electron chi connectivity index (χ4n) is 2.52. The second-order valence-corrected chi connectivity index (χ2v) is 7.74. The normalized spacial score (nSPS) is 16.2. The lowest BCUT2D eigenvalue weighted by molar-refractivity contribution is 0.179. The van der Waals surface area contributed by atoms with Crippen LogP contribution in [0.3, 0.4) is 0 Å². The van der Waals surface area contributed by atoms with Gasteiger partial charge in [-0.15, -0.1) is 11.3 Å². The second kappa shape index (κ2) is 5.72. The van der Waals surface area contributed by atoms with Crippen LogP contribution in [0.5, 0.6) is 0 Å². The zero-order valence-electron chi connectivity index (χ0n) is 11.5. The van der Waals surface area contributed by atoms with Crippen LogP contribution in [-0.2, 0) is 25.6 Å². The Kier molecular flexibility index (Phi) is 4.13. The molecule has 0 aromatic carbocycles. The largest absolute Gasteiger partial charge is 0.387 e. The molecule has 108 valence electrons. The Balaban J connectivity index is 1.82. The van der Waals surface area contributed by atoms with Crippen LogP contribution < -0.4 is 0 Å². The van der Waals surface area contributed by atoms with Crippen LogP contribution in [0.25, 0.3) is 0 Å². The van der Waals surface area contributed by atoms with Crippen molar-refractivity contribution in [3.8, 4) is 0 Å². The second-order valence-electron chi connectivity index (χ2n) is 5.09. The van der Waals surface area contributed by atoms with E-state index in [1.807, 2.05) is 25.7 Å². The number of aliphatic hydroxyl groups excluding tert-OH is 1. The van der Waals surface area contributed by atoms with Gasteiger partial charge in [0.25, 0.3) is 0 Å². The first-order chi connectivity index (χ1) is 9.56. The summed E-state index contributed by atoms with van der Waals surface area (Å²) in [6.45, 7) is 1.89. The van der Waals surface area contributed by atoms with E-state index in [0.29, 0.717) is 11.4 Å². The number of thiophene rings is 1. The van der Waals surface area contributed by atoms with Crippen LogP contribution in [0.15, 0.2) is 6.07 Å². The maximum absolute atomic E-state index is 10.5. The quantitative estimate of drug-likeness (QED) is 0.937. The van der Waals surface area contributed by atoms with Crippen molar-refractivity contribution in [3.63, 3.8) is 0 Å². The van der Waals surface area contributed by atoms with Crippen molar-refractivity contribution < 1.29 is 5.11 Å². The van der Waals surface area contributed by atoms with Crippen LogP contribution in [0.1, 0.15) is 32.8 Å². The lowest BCUT2D eigenvalue weighted by Crippen LogP contribution is -2.05. The third kappa shape index (κ3) is 2.64. The van der Waals surface area contributed by atoms with Gasteiger partial charge >= 0.3 is 0 Å². The Hall–Kier alpha value is -0.490. The van der Waals surface area contributed by atoms with Crippen LogP contribution in [0.2, 0.25) is 5.02 Å². The highest BCUT2D eigenvalue weighted by molar-refractivity contribution is 7.98. The first kappa shape index (κ1) is 14.4. The molecule has 1 atom stereocenters. The Labute approximate surface area is 132 Å². The maximum Gasteiger partial charge on any atom is 0.0937 e. The molecule has 0 saturated heterocycles. The van der Waals surface area contributed by atoms with Gasteiger partial charge in [0.2, 0.25) is 0 Å². The van der Waals surface area contributed by atoms with E-state index in [-0.39, 0.29) is 0 Å². The minimum atomic E-state index is -0.497. The molecular formula is C14H17ClN2OS2. The fraction of sp³-hybridized carbons (Fsp3) is 0.500. The van der Waals surface area contributed by atoms with Crippen LogP contribution in [0, 0.1) is 6.92 Å². The van der Waals surface area contributed by atoms with Crippen LogP contribution >= 0.6 is 34.7 Å². The molecule has 0 radical (unpaired) electrons. The van der Waals surface area contributed by atoms with E-state index in [0.717, 1.165) is 28.4 Å². The van der Waals surface area contributed by atoms with E-state index in [9.17, 15) is 5.11 Å². The molecule has 3 rings (SSSR count). The molecule has 0 bridgehead atoms. The van der Waals surface area contributed by atoms with Gasteiger partial charge in [-0.1, -0.05) is 11.6 Å². The molecule has 0 spiro atoms. The summed E-state index contributed by atoms with van der Waals surface area (Å²) in [7, 11) is 1.87. The van der Waals surface area contributed by atoms with E-state index in [1.165, 1.54) is 16.2 Å². The topological polar surface area (TPSA) is 38.0 Å². The number of hydrogen-bond acceptors (Lipinski definition) is 4. The molecule has 0 fully saturated rings. The molecule has 6 heteroatoms. The van der Waals surface area contributed by atoms with Gasteiger partial charge in [-0.3, -0.25) is 4.68 Å². The smallest absolute Gasteiger partial charge is 0.0937 e. The molecule has 20 heavy (non-hydrogen) atoms. The fourth-order valence-corrected chi connectivity index (χ4v) is 5.12. The maximum atomic E-state index is 10.5. The highest BCUT2D eigenvalue weighted by atomic mass is 35.5. The van der Waals surface area contributed by atoms with Crippen molar-refractivity contribution in [2.45, 2.75) is 31.6 Å². The van der Waals surface area contributed by atoms with Gasteiger partial charge in [0.1, 0.15) is 0 Å². The third-order valence-electron chi connectivity index (χ3n) is 3.62. The van der Waals surface area contributed by atoms with E-state index in [4.69, 9.17) is 11.6 Å². The summed E-state index contributed by atoms with van der Waals surface area (Å²) in [5.41, 5.74) is 3.11. The average molecular weight is 329 g/mol. The molecule has 1 aliphatic heterocycles. The van der Waals surface area contributed by atoms with Crippen molar-refractivity contribution in [2.75, 3.05) is 5.75 Å². The van der Waals surface area contributed by atoms with Crippen molar-refractivity contribution in [2.24, 2.45) is 7.05 Å². The first-order valence-corrected chi connectivity index (χ1v) is 8.96. The predicted octanol–water partition coefficient (Wildman–Crippen LogP) is 3.51. The molecule has 0 aliphatic carbocycles. The van der Waals surface area contributed by atoms with Crippen molar-refractivity contribution >= 4 is 34.7 Å². The molecule has 0 saturated carbocycles. The number of aliphatic hydroxyl groups is 1. The van der Waals surface area contributed by atoms with Crippen LogP contribution in [0.4, 0.5) is 0 Å². The summed E-state index contributed by atoms with van der Waals surface area (Å²) in [6.07, 6.45) is 1.15. The molecule has 3 nitrogen and oxygen atoms in total. The standard InChI is InChI=1S/C14H17ClN2OS2/c1-8-14(15)10(17(2)16-8)6-11(18)13-5-9-7-19-4-3-12(9)20-13/h5,11,18H,3-4,6-7H2,1-2H3. The molecule has 2 aromatic rings. The number of rotatable bonds is 3. The number of halogens is 1. The molecule has 3 heterocycles. The average Bonchev–Trinajstić information content (AvgIpc) is 2.95. The van der Waals surface area contributed by atoms with Gasteiger partial charge in [0.15, 0.2) is 0 Å². The molecule has 1 unspecified atom stereocenters. The Morgan fingerprint density at radius 3 is 3.00 bits per heavy atom. The number of aryl methyl sites for hydroxylation is 3. The molecule has 2 aromatic heterocycles. The molecule has 1 N–H and O–H groups in total. The molecular weight excluding hydrogens is 312 g/mol.